The lowest BCUT2D eigenvalue weighted by Crippen LogP contribution is -2.51. The molecule has 0 bridgehead atoms. The average molecular weight is 384 g/mol. The summed E-state index contributed by atoms with van der Waals surface area (Å²) in [5, 5.41) is 8.47. The van der Waals surface area contributed by atoms with Crippen molar-refractivity contribution in [2.45, 2.75) is 44.6 Å². The second kappa shape index (κ2) is 8.20. The first-order valence-corrected chi connectivity index (χ1v) is 10.0. The van der Waals surface area contributed by atoms with Crippen LogP contribution in [0.15, 0.2) is 24.5 Å². The van der Waals surface area contributed by atoms with Gasteiger partial charge in [-0.05, 0) is 31.0 Å². The van der Waals surface area contributed by atoms with Crippen LogP contribution in [-0.2, 0) is 17.6 Å². The first-order chi connectivity index (χ1) is 13.7. The zero-order valence-corrected chi connectivity index (χ0v) is 16.6. The smallest absolute Gasteiger partial charge is 0.227 e. The number of methoxy groups -OCH3 is 2. The van der Waals surface area contributed by atoms with Crippen molar-refractivity contribution in [2.75, 3.05) is 27.3 Å². The summed E-state index contributed by atoms with van der Waals surface area (Å²) < 4.78 is 12.9. The van der Waals surface area contributed by atoms with E-state index in [1.54, 1.807) is 14.2 Å². The van der Waals surface area contributed by atoms with Gasteiger partial charge in [-0.2, -0.15) is 0 Å². The summed E-state index contributed by atoms with van der Waals surface area (Å²) in [4.78, 5) is 14.6. The molecule has 0 unspecified atom stereocenters. The lowest BCUT2D eigenvalue weighted by molar-refractivity contribution is -0.136. The van der Waals surface area contributed by atoms with E-state index in [0.717, 1.165) is 42.4 Å². The van der Waals surface area contributed by atoms with Gasteiger partial charge in [0.15, 0.2) is 0 Å². The van der Waals surface area contributed by atoms with Crippen LogP contribution in [0, 0.1) is 5.92 Å². The molecule has 1 aromatic heterocycles. The molecule has 0 N–H and O–H groups in total. The average Bonchev–Trinajstić information content (AvgIpc) is 3.35. The van der Waals surface area contributed by atoms with Gasteiger partial charge in [-0.25, -0.2) is 0 Å². The molecule has 0 atom stereocenters. The van der Waals surface area contributed by atoms with E-state index in [4.69, 9.17) is 9.47 Å². The van der Waals surface area contributed by atoms with Gasteiger partial charge in [0.25, 0.3) is 0 Å². The van der Waals surface area contributed by atoms with E-state index in [9.17, 15) is 4.79 Å². The van der Waals surface area contributed by atoms with Crippen LogP contribution in [0.4, 0.5) is 0 Å². The maximum Gasteiger partial charge on any atom is 0.227 e. The van der Waals surface area contributed by atoms with Gasteiger partial charge >= 0.3 is 0 Å². The largest absolute Gasteiger partial charge is 0.497 e. The Morgan fingerprint density at radius 2 is 1.96 bits per heavy atom. The highest BCUT2D eigenvalue weighted by Crippen LogP contribution is 2.31. The van der Waals surface area contributed by atoms with Crippen molar-refractivity contribution < 1.29 is 14.3 Å². The number of nitrogens with zero attached hydrogens (tertiary/aromatic N) is 4. The topological polar surface area (TPSA) is 69.5 Å². The summed E-state index contributed by atoms with van der Waals surface area (Å²) in [6, 6.07) is 6.12. The molecule has 4 rings (SSSR count). The quantitative estimate of drug-likeness (QED) is 0.734. The minimum atomic E-state index is 0.125. The molecule has 1 saturated carbocycles. The summed E-state index contributed by atoms with van der Waals surface area (Å²) >= 11 is 0. The van der Waals surface area contributed by atoms with Crippen LogP contribution in [0.1, 0.15) is 43.1 Å². The molecule has 2 fully saturated rings. The molecule has 1 aliphatic heterocycles. The lowest BCUT2D eigenvalue weighted by Gasteiger charge is -2.39. The van der Waals surface area contributed by atoms with Crippen LogP contribution < -0.4 is 9.47 Å². The Labute approximate surface area is 165 Å². The fraction of sp³-hybridized carbons (Fsp3) is 0.571. The van der Waals surface area contributed by atoms with E-state index in [0.29, 0.717) is 18.4 Å². The maximum atomic E-state index is 12.7. The van der Waals surface area contributed by atoms with Crippen LogP contribution in [0.25, 0.3) is 0 Å². The number of likely N-dealkylation sites (tertiary alicyclic amines) is 1. The third kappa shape index (κ3) is 3.84. The number of amides is 1. The van der Waals surface area contributed by atoms with Gasteiger partial charge in [0.1, 0.15) is 23.7 Å². The Morgan fingerprint density at radius 3 is 2.68 bits per heavy atom. The molecule has 0 spiro atoms. The van der Waals surface area contributed by atoms with E-state index in [2.05, 4.69) is 14.8 Å². The molecule has 2 heterocycles. The highest BCUT2D eigenvalue weighted by atomic mass is 16.5. The molecule has 1 aliphatic carbocycles. The van der Waals surface area contributed by atoms with E-state index in [1.807, 2.05) is 29.4 Å². The number of benzene rings is 1. The van der Waals surface area contributed by atoms with Gasteiger partial charge in [-0.3, -0.25) is 4.79 Å². The summed E-state index contributed by atoms with van der Waals surface area (Å²) in [6.45, 7) is 1.56. The van der Waals surface area contributed by atoms with E-state index >= 15 is 0 Å². The lowest BCUT2D eigenvalue weighted by atomic mass is 9.94. The highest BCUT2D eigenvalue weighted by Gasteiger charge is 2.32. The SMILES string of the molecule is COc1ccc(OC)c(CC(=O)N2CC(Cc3nncn3C3CCCC3)C2)c1. The summed E-state index contributed by atoms with van der Waals surface area (Å²) in [7, 11) is 3.24. The summed E-state index contributed by atoms with van der Waals surface area (Å²) in [5.41, 5.74) is 0.858. The number of hydrogen-bond acceptors (Lipinski definition) is 5. The van der Waals surface area contributed by atoms with Crippen LogP contribution >= 0.6 is 0 Å². The summed E-state index contributed by atoms with van der Waals surface area (Å²) in [6.07, 6.45) is 8.13. The van der Waals surface area contributed by atoms with Gasteiger partial charge in [-0.1, -0.05) is 12.8 Å². The van der Waals surface area contributed by atoms with Crippen molar-refractivity contribution >= 4 is 5.91 Å². The normalized spacial score (nSPS) is 17.6. The van der Waals surface area contributed by atoms with E-state index < -0.39 is 0 Å². The number of hydrogen-bond donors (Lipinski definition) is 0. The molecule has 7 heteroatoms. The van der Waals surface area contributed by atoms with Gasteiger partial charge in [0, 0.05) is 37.0 Å². The minimum absolute atomic E-state index is 0.125. The molecule has 1 aromatic carbocycles. The Kier molecular flexibility index (Phi) is 5.50. The van der Waals surface area contributed by atoms with Gasteiger partial charge in [-0.15, -0.1) is 10.2 Å². The predicted molar refractivity (Wildman–Crippen MR) is 105 cm³/mol. The van der Waals surface area contributed by atoms with Crippen LogP contribution in [0.2, 0.25) is 0 Å². The zero-order chi connectivity index (χ0) is 19.5. The van der Waals surface area contributed by atoms with Crippen molar-refractivity contribution in [3.05, 3.63) is 35.9 Å². The second-order valence-corrected chi connectivity index (χ2v) is 7.82. The Morgan fingerprint density at radius 1 is 1.18 bits per heavy atom. The van der Waals surface area contributed by atoms with Crippen molar-refractivity contribution in [2.24, 2.45) is 5.92 Å². The van der Waals surface area contributed by atoms with Gasteiger partial charge in [0.05, 0.1) is 20.6 Å². The predicted octanol–water partition coefficient (Wildman–Crippen LogP) is 2.65. The highest BCUT2D eigenvalue weighted by molar-refractivity contribution is 5.80. The first-order valence-electron chi connectivity index (χ1n) is 10.0. The fourth-order valence-corrected chi connectivity index (χ4v) is 4.36. The Hall–Kier alpha value is -2.57. The molecule has 1 saturated heterocycles. The van der Waals surface area contributed by atoms with Crippen molar-refractivity contribution in [1.82, 2.24) is 19.7 Å². The Bertz CT molecular complexity index is 823. The summed E-state index contributed by atoms with van der Waals surface area (Å²) in [5.74, 6) is 3.10. The van der Waals surface area contributed by atoms with E-state index in [-0.39, 0.29) is 5.91 Å². The molecule has 2 aliphatic rings. The zero-order valence-electron chi connectivity index (χ0n) is 16.6. The van der Waals surface area contributed by atoms with Crippen LogP contribution in [0.5, 0.6) is 11.5 Å². The minimum Gasteiger partial charge on any atom is -0.497 e. The van der Waals surface area contributed by atoms with Crippen LogP contribution in [0.3, 0.4) is 0 Å². The number of carbonyl (C=O) groups is 1. The molecular weight excluding hydrogens is 356 g/mol. The fourth-order valence-electron chi connectivity index (χ4n) is 4.36. The number of carbonyl (C=O) groups excluding carboxylic acids is 1. The molecule has 0 radical (unpaired) electrons. The Balaban J connectivity index is 1.32. The number of ether oxygens (including phenoxy) is 2. The molecule has 1 amide bonds. The first kappa shape index (κ1) is 18.8. The van der Waals surface area contributed by atoms with Crippen molar-refractivity contribution in [1.29, 1.82) is 0 Å². The second-order valence-electron chi connectivity index (χ2n) is 7.82. The third-order valence-corrected chi connectivity index (χ3v) is 5.98. The number of rotatable bonds is 7. The van der Waals surface area contributed by atoms with Gasteiger partial charge < -0.3 is 18.9 Å². The maximum absolute atomic E-state index is 12.7. The monoisotopic (exact) mass is 384 g/mol. The number of aromatic nitrogens is 3. The third-order valence-electron chi connectivity index (χ3n) is 5.98. The van der Waals surface area contributed by atoms with Gasteiger partial charge in [0.2, 0.25) is 5.91 Å². The molecule has 7 nitrogen and oxygen atoms in total. The molecule has 28 heavy (non-hydrogen) atoms. The van der Waals surface area contributed by atoms with Crippen molar-refractivity contribution in [3.8, 4) is 11.5 Å². The van der Waals surface area contributed by atoms with E-state index in [1.165, 1.54) is 25.7 Å². The molecular formula is C21H28N4O3. The van der Waals surface area contributed by atoms with Crippen molar-refractivity contribution in [3.63, 3.8) is 0 Å². The molecule has 150 valence electrons. The molecule has 2 aromatic rings. The van der Waals surface area contributed by atoms with Crippen LogP contribution in [-0.4, -0.2) is 52.9 Å². The standard InChI is InChI=1S/C21H28N4O3/c1-27-18-7-8-19(28-2)16(10-18)11-21(26)24-12-15(13-24)9-20-23-22-14-25(20)17-5-3-4-6-17/h7-8,10,14-15,17H,3-6,9,11-13H2,1-2H3.